The van der Waals surface area contributed by atoms with Gasteiger partial charge in [-0.25, -0.2) is 0 Å². The predicted octanol–water partition coefficient (Wildman–Crippen LogP) is 2.52. The van der Waals surface area contributed by atoms with Gasteiger partial charge in [-0.05, 0) is 49.4 Å². The fourth-order valence-electron chi connectivity index (χ4n) is 3.65. The van der Waals surface area contributed by atoms with Crippen LogP contribution in [0.1, 0.15) is 24.0 Å². The number of anilines is 1. The Balaban J connectivity index is 0.000000271. The molecule has 0 aliphatic carbocycles. The molecule has 0 spiro atoms. The maximum atomic E-state index is 12.6. The highest BCUT2D eigenvalue weighted by atomic mass is 16.3. The van der Waals surface area contributed by atoms with Gasteiger partial charge in [0.05, 0.1) is 5.92 Å². The molecule has 3 unspecified atom stereocenters. The molecule has 3 aromatic rings. The molecule has 3 atom stereocenters. The minimum absolute atomic E-state index is 0.00953. The van der Waals surface area contributed by atoms with E-state index in [1.807, 2.05) is 44.3 Å². The van der Waals surface area contributed by atoms with Crippen LogP contribution in [0.4, 0.5) is 5.69 Å². The summed E-state index contributed by atoms with van der Waals surface area (Å²) in [4.78, 5) is 34.3. The van der Waals surface area contributed by atoms with Crippen molar-refractivity contribution in [1.82, 2.24) is 16.0 Å². The highest BCUT2D eigenvalue weighted by molar-refractivity contribution is 5.96. The summed E-state index contributed by atoms with van der Waals surface area (Å²) in [6.45, 7) is 1.97. The molecule has 3 amide bonds. The van der Waals surface area contributed by atoms with Gasteiger partial charge in [0, 0.05) is 31.3 Å². The first-order chi connectivity index (χ1) is 17.8. The quantitative estimate of drug-likeness (QED) is 0.234. The number of aromatic hydroxyl groups is 2. The monoisotopic (exact) mass is 506 g/mol. The van der Waals surface area contributed by atoms with Crippen molar-refractivity contribution in [2.24, 2.45) is 0 Å². The van der Waals surface area contributed by atoms with Gasteiger partial charge in [-0.2, -0.15) is 0 Å². The Bertz CT molecular complexity index is 1140. The van der Waals surface area contributed by atoms with Gasteiger partial charge in [0.2, 0.25) is 18.2 Å². The molecule has 9 nitrogen and oxygen atoms in total. The van der Waals surface area contributed by atoms with Crippen molar-refractivity contribution in [2.45, 2.75) is 31.3 Å². The summed E-state index contributed by atoms with van der Waals surface area (Å²) in [5, 5.41) is 29.5. The lowest BCUT2D eigenvalue weighted by molar-refractivity contribution is -0.124. The van der Waals surface area contributed by atoms with Crippen LogP contribution in [-0.2, 0) is 20.8 Å². The summed E-state index contributed by atoms with van der Waals surface area (Å²) < 4.78 is 0. The Morgan fingerprint density at radius 1 is 0.865 bits per heavy atom. The predicted molar refractivity (Wildman–Crippen MR) is 143 cm³/mol. The van der Waals surface area contributed by atoms with Crippen LogP contribution in [0.5, 0.6) is 11.5 Å². The standard InChI is InChI=1S/C17H20N2O2.C11H14N2O3/c1-12(18-2)16(13-7-4-3-5-8-13)17(21)19-14-9-6-10-15(20)11-14;1-12-11(16)10(13-7-14)6-8-2-4-9(15)5-3-8/h3-12,16,18,20H,1-2H3,(H,19,21);2-5,7,10,15H,6H2,1H3,(H,12,16)(H,13,14). The summed E-state index contributed by atoms with van der Waals surface area (Å²) in [6.07, 6.45) is 0.888. The zero-order valence-electron chi connectivity index (χ0n) is 21.1. The number of hydrogen-bond acceptors (Lipinski definition) is 6. The van der Waals surface area contributed by atoms with E-state index in [0.717, 1.165) is 11.1 Å². The van der Waals surface area contributed by atoms with Crippen molar-refractivity contribution in [3.05, 3.63) is 90.0 Å². The van der Waals surface area contributed by atoms with E-state index in [1.54, 1.807) is 30.3 Å². The van der Waals surface area contributed by atoms with Crippen LogP contribution < -0.4 is 21.3 Å². The smallest absolute Gasteiger partial charge is 0.242 e. The Kier molecular flexibility index (Phi) is 11.6. The molecule has 0 aliphatic heterocycles. The molecule has 3 rings (SSSR count). The van der Waals surface area contributed by atoms with E-state index in [0.29, 0.717) is 18.5 Å². The van der Waals surface area contributed by atoms with Crippen LogP contribution in [0.25, 0.3) is 0 Å². The molecule has 0 radical (unpaired) electrons. The summed E-state index contributed by atoms with van der Waals surface area (Å²) >= 11 is 0. The van der Waals surface area contributed by atoms with E-state index in [9.17, 15) is 19.5 Å². The summed E-state index contributed by atoms with van der Waals surface area (Å²) in [6, 6.07) is 22.1. The number of phenols is 2. The fourth-order valence-corrected chi connectivity index (χ4v) is 3.65. The third kappa shape index (κ3) is 9.30. The van der Waals surface area contributed by atoms with Crippen LogP contribution in [0.15, 0.2) is 78.9 Å². The average Bonchev–Trinajstić information content (AvgIpc) is 2.90. The van der Waals surface area contributed by atoms with Crippen molar-refractivity contribution in [2.75, 3.05) is 19.4 Å². The molecule has 37 heavy (non-hydrogen) atoms. The fraction of sp³-hybridized carbons (Fsp3) is 0.250. The second kappa shape index (κ2) is 14.9. The number of carbonyl (C=O) groups is 3. The zero-order chi connectivity index (χ0) is 27.2. The van der Waals surface area contributed by atoms with Crippen LogP contribution in [0.2, 0.25) is 0 Å². The van der Waals surface area contributed by atoms with E-state index in [-0.39, 0.29) is 35.3 Å². The van der Waals surface area contributed by atoms with Crippen molar-refractivity contribution < 1.29 is 24.6 Å². The first-order valence-corrected chi connectivity index (χ1v) is 11.8. The number of benzene rings is 3. The Morgan fingerprint density at radius 3 is 2.11 bits per heavy atom. The second-order valence-electron chi connectivity index (χ2n) is 8.33. The Labute approximate surface area is 216 Å². The van der Waals surface area contributed by atoms with E-state index < -0.39 is 6.04 Å². The van der Waals surface area contributed by atoms with Gasteiger partial charge >= 0.3 is 0 Å². The van der Waals surface area contributed by atoms with E-state index in [4.69, 9.17) is 5.11 Å². The number of hydrogen-bond donors (Lipinski definition) is 6. The maximum Gasteiger partial charge on any atom is 0.242 e. The SMILES string of the molecule is CNC(=O)C(Cc1ccc(O)cc1)NC=O.CNC(C)C(C(=O)Nc1cccc(O)c1)c1ccccc1. The number of amides is 3. The molecule has 6 N–H and O–H groups in total. The number of rotatable bonds is 10. The number of phenolic OH excluding ortho intramolecular Hbond substituents is 2. The highest BCUT2D eigenvalue weighted by Gasteiger charge is 2.26. The van der Waals surface area contributed by atoms with Gasteiger partial charge in [0.1, 0.15) is 17.5 Å². The topological polar surface area (TPSA) is 140 Å². The van der Waals surface area contributed by atoms with Crippen LogP contribution in [0, 0.1) is 0 Å². The van der Waals surface area contributed by atoms with E-state index in [2.05, 4.69) is 21.3 Å². The zero-order valence-corrected chi connectivity index (χ0v) is 21.1. The molecule has 0 saturated heterocycles. The van der Waals surface area contributed by atoms with Crippen LogP contribution in [0.3, 0.4) is 0 Å². The van der Waals surface area contributed by atoms with Crippen molar-refractivity contribution in [3.8, 4) is 11.5 Å². The van der Waals surface area contributed by atoms with Crippen LogP contribution in [-0.4, -0.2) is 54.6 Å². The van der Waals surface area contributed by atoms with Gasteiger partial charge in [-0.15, -0.1) is 0 Å². The molecule has 9 heteroatoms. The van der Waals surface area contributed by atoms with Crippen molar-refractivity contribution in [1.29, 1.82) is 0 Å². The normalized spacial score (nSPS) is 12.6. The Hall–Kier alpha value is -4.37. The van der Waals surface area contributed by atoms with Gasteiger partial charge in [0.15, 0.2) is 0 Å². The largest absolute Gasteiger partial charge is 0.508 e. The minimum Gasteiger partial charge on any atom is -0.508 e. The van der Waals surface area contributed by atoms with Gasteiger partial charge in [-0.1, -0.05) is 48.5 Å². The summed E-state index contributed by atoms with van der Waals surface area (Å²) in [5.41, 5.74) is 2.40. The second-order valence-corrected chi connectivity index (χ2v) is 8.33. The first kappa shape index (κ1) is 28.9. The van der Waals surface area contributed by atoms with E-state index in [1.165, 1.54) is 25.2 Å². The van der Waals surface area contributed by atoms with Gasteiger partial charge in [-0.3, -0.25) is 14.4 Å². The van der Waals surface area contributed by atoms with Crippen molar-refractivity contribution in [3.63, 3.8) is 0 Å². The molecule has 3 aromatic carbocycles. The average molecular weight is 507 g/mol. The lowest BCUT2D eigenvalue weighted by atomic mass is 9.91. The Morgan fingerprint density at radius 2 is 1.54 bits per heavy atom. The number of nitrogens with one attached hydrogen (secondary N) is 4. The summed E-state index contributed by atoms with van der Waals surface area (Å²) in [5.74, 6) is -0.360. The molecule has 0 bridgehead atoms. The lowest BCUT2D eigenvalue weighted by Crippen LogP contribution is -2.43. The third-order valence-electron chi connectivity index (χ3n) is 5.72. The molecule has 0 aliphatic rings. The molecule has 0 heterocycles. The third-order valence-corrected chi connectivity index (χ3v) is 5.72. The molecule has 0 fully saturated rings. The van der Waals surface area contributed by atoms with Gasteiger partial charge in [0.25, 0.3) is 0 Å². The molecular weight excluding hydrogens is 472 g/mol. The van der Waals surface area contributed by atoms with Crippen LogP contribution >= 0.6 is 0 Å². The molecule has 196 valence electrons. The van der Waals surface area contributed by atoms with E-state index >= 15 is 0 Å². The first-order valence-electron chi connectivity index (χ1n) is 11.8. The molecule has 0 aromatic heterocycles. The van der Waals surface area contributed by atoms with Gasteiger partial charge < -0.3 is 31.5 Å². The maximum absolute atomic E-state index is 12.6. The highest BCUT2D eigenvalue weighted by Crippen LogP contribution is 2.23. The summed E-state index contributed by atoms with van der Waals surface area (Å²) in [7, 11) is 3.35. The molecular formula is C28H34N4O5. The number of likely N-dealkylation sites (N-methyl/N-ethyl adjacent to an activating group) is 2. The molecule has 0 saturated carbocycles. The lowest BCUT2D eigenvalue weighted by Gasteiger charge is -2.23. The van der Waals surface area contributed by atoms with Crippen molar-refractivity contribution >= 4 is 23.9 Å². The number of carbonyl (C=O) groups excluding carboxylic acids is 3. The minimum atomic E-state index is -0.591.